The zero-order valence-corrected chi connectivity index (χ0v) is 26.1. The molecule has 0 radical (unpaired) electrons. The van der Waals surface area contributed by atoms with Crippen LogP contribution in [0.3, 0.4) is 0 Å². The van der Waals surface area contributed by atoms with E-state index in [-0.39, 0.29) is 37.2 Å². The number of hydrogen-bond donors (Lipinski definition) is 1. The number of nitrogens with zero attached hydrogens (tertiary/aromatic N) is 3. The third-order valence-corrected chi connectivity index (χ3v) is 8.22. The topological polar surface area (TPSA) is 88.3 Å². The van der Waals surface area contributed by atoms with Gasteiger partial charge < -0.3 is 25.0 Å². The zero-order chi connectivity index (χ0) is 30.3. The number of benzene rings is 2. The number of carbonyl (C=O) groups is 2. The Bertz CT molecular complexity index is 993. The lowest BCUT2D eigenvalue weighted by Crippen LogP contribution is -2.39. The van der Waals surface area contributed by atoms with Crippen LogP contribution in [0.2, 0.25) is 0 Å². The van der Waals surface area contributed by atoms with Crippen molar-refractivity contribution in [1.82, 2.24) is 14.7 Å². The fourth-order valence-corrected chi connectivity index (χ4v) is 5.42. The van der Waals surface area contributed by atoms with E-state index in [0.29, 0.717) is 12.1 Å². The van der Waals surface area contributed by atoms with Gasteiger partial charge in [0.1, 0.15) is 13.2 Å². The van der Waals surface area contributed by atoms with Crippen molar-refractivity contribution < 1.29 is 19.1 Å². The van der Waals surface area contributed by atoms with Crippen LogP contribution in [0.15, 0.2) is 60.7 Å². The van der Waals surface area contributed by atoms with Gasteiger partial charge >= 0.3 is 0 Å². The fraction of sp³-hybridized carbons (Fsp3) is 0.588. The molecule has 42 heavy (non-hydrogen) atoms. The second kappa shape index (κ2) is 18.0. The number of hydrogen-bond acceptors (Lipinski definition) is 6. The summed E-state index contributed by atoms with van der Waals surface area (Å²) in [5.41, 5.74) is 8.48. The van der Waals surface area contributed by atoms with Gasteiger partial charge in [0, 0.05) is 53.4 Å². The molecule has 2 aliphatic carbocycles. The third kappa shape index (κ3) is 12.2. The summed E-state index contributed by atoms with van der Waals surface area (Å²) in [6.45, 7) is 2.32. The number of likely N-dealkylation sites (N-methyl/N-ethyl adjacent to an activating group) is 2. The van der Waals surface area contributed by atoms with Gasteiger partial charge in [-0.2, -0.15) is 0 Å². The summed E-state index contributed by atoms with van der Waals surface area (Å²) >= 11 is 0. The molecule has 4 rings (SSSR count). The van der Waals surface area contributed by atoms with E-state index < -0.39 is 0 Å². The molecule has 0 aromatic heterocycles. The molecule has 0 aliphatic heterocycles. The maximum Gasteiger partial charge on any atom is 0.248 e. The van der Waals surface area contributed by atoms with Gasteiger partial charge in [-0.25, -0.2) is 0 Å². The van der Waals surface area contributed by atoms with E-state index in [2.05, 4.69) is 65.6 Å². The van der Waals surface area contributed by atoms with E-state index in [9.17, 15) is 9.59 Å². The zero-order valence-electron chi connectivity index (χ0n) is 26.1. The molecule has 232 valence electrons. The number of carbonyl (C=O) groups excluding carboxylic acids is 2. The quantitative estimate of drug-likeness (QED) is 0.422. The molecule has 0 spiro atoms. The van der Waals surface area contributed by atoms with Crippen LogP contribution in [0.25, 0.3) is 0 Å². The first-order chi connectivity index (χ1) is 20.2. The van der Waals surface area contributed by atoms with Crippen molar-refractivity contribution in [1.29, 1.82) is 0 Å². The predicted molar refractivity (Wildman–Crippen MR) is 168 cm³/mol. The second-order valence-electron chi connectivity index (χ2n) is 12.0. The number of ether oxygens (including phenoxy) is 2. The molecule has 2 aromatic rings. The van der Waals surface area contributed by atoms with Crippen LogP contribution in [-0.2, 0) is 32.2 Å². The first-order valence-corrected chi connectivity index (χ1v) is 15.4. The standard InChI is InChI=1S/C24H32N2O2.C10H20N2O2/c1-25(2)24(27)19-28-23-15-13-22(14-16-23)26(17-20-9-5-3-6-10-20)18-21-11-7-4-8-12-21;1-12(2)10(13)7-14-9-5-3-8(11)4-6-9/h3-12,22-23H,13-19H2,1-2H3;8-9H,3-7,11H2,1-2H3. The smallest absolute Gasteiger partial charge is 0.248 e. The average Bonchev–Trinajstić information content (AvgIpc) is 3.00. The fourth-order valence-electron chi connectivity index (χ4n) is 5.42. The maximum atomic E-state index is 11.8. The van der Waals surface area contributed by atoms with E-state index in [4.69, 9.17) is 15.2 Å². The van der Waals surface area contributed by atoms with Crippen molar-refractivity contribution in [2.24, 2.45) is 5.73 Å². The number of nitrogens with two attached hydrogens (primary N) is 1. The van der Waals surface area contributed by atoms with Crippen LogP contribution in [0.5, 0.6) is 0 Å². The van der Waals surface area contributed by atoms with E-state index >= 15 is 0 Å². The summed E-state index contributed by atoms with van der Waals surface area (Å²) in [6.07, 6.45) is 8.71. The molecule has 2 aromatic carbocycles. The summed E-state index contributed by atoms with van der Waals surface area (Å²) in [6, 6.07) is 22.3. The predicted octanol–water partition coefficient (Wildman–Crippen LogP) is 4.47. The van der Waals surface area contributed by atoms with E-state index in [1.807, 2.05) is 0 Å². The van der Waals surface area contributed by atoms with Crippen LogP contribution in [0.4, 0.5) is 0 Å². The Labute approximate surface area is 253 Å². The van der Waals surface area contributed by atoms with Crippen molar-refractivity contribution in [3.05, 3.63) is 71.8 Å². The summed E-state index contributed by atoms with van der Waals surface area (Å²) in [5, 5.41) is 0. The summed E-state index contributed by atoms with van der Waals surface area (Å²) in [5.74, 6) is 0.0665. The molecule has 2 amide bonds. The van der Waals surface area contributed by atoms with Crippen LogP contribution in [-0.4, -0.2) is 92.2 Å². The van der Waals surface area contributed by atoms with Gasteiger partial charge in [-0.3, -0.25) is 14.5 Å². The molecular weight excluding hydrogens is 528 g/mol. The van der Waals surface area contributed by atoms with Crippen molar-refractivity contribution in [2.75, 3.05) is 41.4 Å². The Morgan fingerprint density at radius 1 is 0.643 bits per heavy atom. The van der Waals surface area contributed by atoms with Crippen LogP contribution < -0.4 is 5.73 Å². The van der Waals surface area contributed by atoms with Gasteiger partial charge in [0.2, 0.25) is 11.8 Å². The monoisotopic (exact) mass is 580 g/mol. The molecule has 0 saturated heterocycles. The molecule has 0 unspecified atom stereocenters. The minimum absolute atomic E-state index is 0.0277. The molecule has 2 aliphatic rings. The van der Waals surface area contributed by atoms with Gasteiger partial charge in [-0.1, -0.05) is 60.7 Å². The molecule has 0 bridgehead atoms. The van der Waals surface area contributed by atoms with Gasteiger partial charge in [0.25, 0.3) is 0 Å². The van der Waals surface area contributed by atoms with E-state index in [1.165, 1.54) is 11.1 Å². The lowest BCUT2D eigenvalue weighted by Gasteiger charge is -2.37. The normalized spacial score (nSPS) is 22.1. The summed E-state index contributed by atoms with van der Waals surface area (Å²) < 4.78 is 11.4. The molecule has 8 nitrogen and oxygen atoms in total. The van der Waals surface area contributed by atoms with E-state index in [0.717, 1.165) is 64.5 Å². The van der Waals surface area contributed by atoms with Gasteiger partial charge in [-0.15, -0.1) is 0 Å². The first-order valence-electron chi connectivity index (χ1n) is 15.4. The average molecular weight is 581 g/mol. The highest BCUT2D eigenvalue weighted by Crippen LogP contribution is 2.28. The maximum absolute atomic E-state index is 11.8. The number of rotatable bonds is 11. The molecule has 2 N–H and O–H groups in total. The minimum Gasteiger partial charge on any atom is -0.368 e. The molecule has 2 saturated carbocycles. The highest BCUT2D eigenvalue weighted by atomic mass is 16.5. The Hall–Kier alpha value is -2.78. The molecule has 0 atom stereocenters. The molecular formula is C34H52N4O4. The van der Waals surface area contributed by atoms with Crippen molar-refractivity contribution in [3.8, 4) is 0 Å². The van der Waals surface area contributed by atoms with Crippen LogP contribution in [0.1, 0.15) is 62.5 Å². The minimum atomic E-state index is 0.0277. The Kier molecular flexibility index (Phi) is 14.5. The molecule has 0 heterocycles. The van der Waals surface area contributed by atoms with Crippen LogP contribution in [0, 0.1) is 0 Å². The lowest BCUT2D eigenvalue weighted by atomic mass is 9.91. The SMILES string of the molecule is CN(C)C(=O)COC1CCC(N(Cc2ccccc2)Cc2ccccc2)CC1.CN(C)C(=O)COC1CCC(N)CC1. The van der Waals surface area contributed by atoms with E-state index in [1.54, 1.807) is 38.0 Å². The lowest BCUT2D eigenvalue weighted by molar-refractivity contribution is -0.137. The summed E-state index contributed by atoms with van der Waals surface area (Å²) in [7, 11) is 7.02. The van der Waals surface area contributed by atoms with Crippen LogP contribution >= 0.6 is 0 Å². The van der Waals surface area contributed by atoms with Crippen molar-refractivity contribution in [3.63, 3.8) is 0 Å². The molecule has 8 heteroatoms. The van der Waals surface area contributed by atoms with Gasteiger partial charge in [-0.05, 0) is 62.5 Å². The Morgan fingerprint density at radius 3 is 1.40 bits per heavy atom. The largest absolute Gasteiger partial charge is 0.368 e. The van der Waals surface area contributed by atoms with Crippen molar-refractivity contribution in [2.45, 2.75) is 88.7 Å². The van der Waals surface area contributed by atoms with Crippen molar-refractivity contribution >= 4 is 11.8 Å². The van der Waals surface area contributed by atoms with Gasteiger partial charge in [0.05, 0.1) is 12.2 Å². The third-order valence-electron chi connectivity index (χ3n) is 8.22. The molecule has 2 fully saturated rings. The first kappa shape index (κ1) is 33.7. The van der Waals surface area contributed by atoms with Gasteiger partial charge in [0.15, 0.2) is 0 Å². The highest BCUT2D eigenvalue weighted by Gasteiger charge is 2.27. The Morgan fingerprint density at radius 2 is 1.02 bits per heavy atom. The Balaban J connectivity index is 0.000000291. The second-order valence-corrected chi connectivity index (χ2v) is 12.0. The summed E-state index contributed by atoms with van der Waals surface area (Å²) in [4.78, 5) is 28.7. The number of amides is 2. The highest BCUT2D eigenvalue weighted by molar-refractivity contribution is 5.77.